The molecule has 0 fully saturated rings. The summed E-state index contributed by atoms with van der Waals surface area (Å²) in [5, 5.41) is 13.4. The molecule has 0 bridgehead atoms. The van der Waals surface area contributed by atoms with Gasteiger partial charge in [-0.1, -0.05) is 135 Å². The minimum Gasteiger partial charge on any atom is -0.0616 e. The van der Waals surface area contributed by atoms with Crippen molar-refractivity contribution in [1.29, 1.82) is 0 Å². The van der Waals surface area contributed by atoms with Gasteiger partial charge in [0.05, 0.1) is 0 Å². The minimum atomic E-state index is -0.162. The molecule has 0 atom stereocenters. The lowest BCUT2D eigenvalue weighted by Crippen LogP contribution is -2.16. The van der Waals surface area contributed by atoms with Gasteiger partial charge in [-0.25, -0.2) is 0 Å². The zero-order valence-electron chi connectivity index (χ0n) is 23.2. The molecule has 0 aliphatic heterocycles. The highest BCUT2D eigenvalue weighted by Crippen LogP contribution is 2.57. The molecule has 8 aromatic rings. The normalized spacial score (nSPS) is 13.8. The number of rotatable bonds is 1. The fraction of sp³-hybridized carbons (Fsp3) is 0.0732. The minimum absolute atomic E-state index is 0.162. The van der Waals surface area contributed by atoms with Crippen LogP contribution in [0.1, 0.15) is 25.0 Å². The van der Waals surface area contributed by atoms with Gasteiger partial charge in [0.15, 0.2) is 0 Å². The molecule has 0 heteroatoms. The van der Waals surface area contributed by atoms with E-state index in [1.807, 2.05) is 0 Å². The van der Waals surface area contributed by atoms with Crippen LogP contribution in [0.15, 0.2) is 133 Å². The van der Waals surface area contributed by atoms with E-state index in [1.54, 1.807) is 0 Å². The number of benzene rings is 8. The van der Waals surface area contributed by atoms with Crippen molar-refractivity contribution in [2.24, 2.45) is 0 Å². The van der Waals surface area contributed by atoms with Gasteiger partial charge in [0, 0.05) is 5.41 Å². The third-order valence-electron chi connectivity index (χ3n) is 9.57. The van der Waals surface area contributed by atoms with Crippen molar-refractivity contribution in [3.05, 3.63) is 145 Å². The van der Waals surface area contributed by atoms with Crippen LogP contribution in [0.3, 0.4) is 0 Å². The lowest BCUT2D eigenvalue weighted by atomic mass is 9.77. The first-order valence-electron chi connectivity index (χ1n) is 14.5. The highest BCUT2D eigenvalue weighted by molar-refractivity contribution is 6.35. The first-order chi connectivity index (χ1) is 20.1. The van der Waals surface area contributed by atoms with Gasteiger partial charge >= 0.3 is 0 Å². The fourth-order valence-corrected chi connectivity index (χ4v) is 7.73. The predicted molar refractivity (Wildman–Crippen MR) is 177 cm³/mol. The molecular weight excluding hydrogens is 492 g/mol. The first kappa shape index (κ1) is 22.8. The largest absolute Gasteiger partial charge is 0.0616 e. The van der Waals surface area contributed by atoms with E-state index in [0.29, 0.717) is 0 Å². The zero-order valence-corrected chi connectivity index (χ0v) is 23.2. The fourth-order valence-electron chi connectivity index (χ4n) is 7.73. The molecule has 0 radical (unpaired) electrons. The molecule has 1 aliphatic carbocycles. The predicted octanol–water partition coefficient (Wildman–Crippen LogP) is 11.4. The van der Waals surface area contributed by atoms with Gasteiger partial charge in [-0.15, -0.1) is 0 Å². The molecule has 0 nitrogen and oxygen atoms in total. The van der Waals surface area contributed by atoms with Crippen LogP contribution in [0.4, 0.5) is 0 Å². The van der Waals surface area contributed by atoms with Crippen LogP contribution >= 0.6 is 0 Å². The average molecular weight is 521 g/mol. The average Bonchev–Trinajstić information content (AvgIpc) is 3.27. The molecule has 0 amide bonds. The second kappa shape index (κ2) is 8.05. The summed E-state index contributed by atoms with van der Waals surface area (Å²) < 4.78 is 0. The molecule has 41 heavy (non-hydrogen) atoms. The van der Waals surface area contributed by atoms with Crippen LogP contribution in [0.25, 0.3) is 76.1 Å². The molecule has 0 N–H and O–H groups in total. The van der Waals surface area contributed by atoms with E-state index in [0.717, 1.165) is 0 Å². The molecule has 192 valence electrons. The summed E-state index contributed by atoms with van der Waals surface area (Å²) in [6, 6.07) is 49.7. The molecule has 0 aromatic heterocycles. The zero-order chi connectivity index (χ0) is 27.3. The lowest BCUT2D eigenvalue weighted by Gasteiger charge is -2.26. The maximum absolute atomic E-state index is 2.46. The Morgan fingerprint density at radius 3 is 1.63 bits per heavy atom. The monoisotopic (exact) mass is 520 g/mol. The summed E-state index contributed by atoms with van der Waals surface area (Å²) in [5.74, 6) is 0. The van der Waals surface area contributed by atoms with Crippen LogP contribution in [0.5, 0.6) is 0 Å². The lowest BCUT2D eigenvalue weighted by molar-refractivity contribution is 0.667. The SMILES string of the molecule is CC1(C)c2cc(-c3ccc4ccccc4c3)ccc2-c2c1c1c3ccccc3c3ccccc3c1c1ccccc21. The third kappa shape index (κ3) is 3.00. The van der Waals surface area contributed by atoms with E-state index >= 15 is 0 Å². The third-order valence-corrected chi connectivity index (χ3v) is 9.57. The Kier molecular flexibility index (Phi) is 4.49. The molecule has 0 spiro atoms. The van der Waals surface area contributed by atoms with Crippen LogP contribution in [-0.2, 0) is 5.41 Å². The number of hydrogen-bond donors (Lipinski definition) is 0. The van der Waals surface area contributed by atoms with Gasteiger partial charge in [-0.05, 0) is 99.4 Å². The molecule has 0 saturated heterocycles. The van der Waals surface area contributed by atoms with Crippen molar-refractivity contribution in [2.45, 2.75) is 19.3 Å². The van der Waals surface area contributed by atoms with Gasteiger partial charge < -0.3 is 0 Å². The Morgan fingerprint density at radius 2 is 0.927 bits per heavy atom. The quantitative estimate of drug-likeness (QED) is 0.189. The van der Waals surface area contributed by atoms with Crippen LogP contribution in [-0.4, -0.2) is 0 Å². The summed E-state index contributed by atoms with van der Waals surface area (Å²) >= 11 is 0. The van der Waals surface area contributed by atoms with Crippen molar-refractivity contribution < 1.29 is 0 Å². The highest BCUT2D eigenvalue weighted by atomic mass is 14.4. The Bertz CT molecular complexity index is 2390. The van der Waals surface area contributed by atoms with Gasteiger partial charge in [0.25, 0.3) is 0 Å². The molecular formula is C41H28. The van der Waals surface area contributed by atoms with Gasteiger partial charge in [0.2, 0.25) is 0 Å². The molecule has 1 aliphatic rings. The van der Waals surface area contributed by atoms with Crippen LogP contribution in [0.2, 0.25) is 0 Å². The Balaban J connectivity index is 1.43. The van der Waals surface area contributed by atoms with Crippen LogP contribution in [0, 0.1) is 0 Å². The maximum Gasteiger partial charge on any atom is 0.0165 e. The van der Waals surface area contributed by atoms with E-state index in [2.05, 4.69) is 147 Å². The Morgan fingerprint density at radius 1 is 0.415 bits per heavy atom. The molecule has 0 saturated carbocycles. The summed E-state index contributed by atoms with van der Waals surface area (Å²) in [6.45, 7) is 4.86. The van der Waals surface area contributed by atoms with E-state index in [-0.39, 0.29) is 5.41 Å². The van der Waals surface area contributed by atoms with E-state index in [4.69, 9.17) is 0 Å². The van der Waals surface area contributed by atoms with Crippen LogP contribution < -0.4 is 0 Å². The van der Waals surface area contributed by atoms with Gasteiger partial charge in [0.1, 0.15) is 0 Å². The summed E-state index contributed by atoms with van der Waals surface area (Å²) in [6.07, 6.45) is 0. The number of fused-ring (bicyclic) bond motifs is 14. The smallest absolute Gasteiger partial charge is 0.0165 e. The molecule has 8 aromatic carbocycles. The van der Waals surface area contributed by atoms with Crippen molar-refractivity contribution in [3.8, 4) is 22.3 Å². The van der Waals surface area contributed by atoms with Crippen molar-refractivity contribution >= 4 is 53.9 Å². The van der Waals surface area contributed by atoms with Crippen molar-refractivity contribution in [2.75, 3.05) is 0 Å². The topological polar surface area (TPSA) is 0 Å². The molecule has 9 rings (SSSR count). The first-order valence-corrected chi connectivity index (χ1v) is 14.5. The summed E-state index contributed by atoms with van der Waals surface area (Å²) in [4.78, 5) is 0. The summed E-state index contributed by atoms with van der Waals surface area (Å²) in [7, 11) is 0. The number of hydrogen-bond acceptors (Lipinski definition) is 0. The Hall–Kier alpha value is -4.94. The Labute approximate surface area is 239 Å². The van der Waals surface area contributed by atoms with Crippen molar-refractivity contribution in [1.82, 2.24) is 0 Å². The van der Waals surface area contributed by atoms with Crippen molar-refractivity contribution in [3.63, 3.8) is 0 Å². The maximum atomic E-state index is 2.46. The molecule has 0 heterocycles. The molecule has 0 unspecified atom stereocenters. The van der Waals surface area contributed by atoms with Gasteiger partial charge in [-0.2, -0.15) is 0 Å². The second-order valence-electron chi connectivity index (χ2n) is 12.1. The second-order valence-corrected chi connectivity index (χ2v) is 12.1. The van der Waals surface area contributed by atoms with E-state index in [9.17, 15) is 0 Å². The van der Waals surface area contributed by atoms with Gasteiger partial charge in [-0.3, -0.25) is 0 Å². The summed E-state index contributed by atoms with van der Waals surface area (Å²) in [5.41, 5.74) is 8.02. The van der Waals surface area contributed by atoms with E-state index < -0.39 is 0 Å². The highest BCUT2D eigenvalue weighted by Gasteiger charge is 2.39. The standard InChI is InChI=1S/C41H28/c1-41(2)36-24-28(27-20-19-25-11-3-4-12-26(25)23-27)21-22-35(36)38-34-18-10-9-17-33(34)37-31-15-7-5-13-29(31)30-14-6-8-16-32(30)39(37)40(38)41/h3-24H,1-2H3. The van der Waals surface area contributed by atoms with E-state index in [1.165, 1.54) is 87.2 Å².